The van der Waals surface area contributed by atoms with Crippen LogP contribution < -0.4 is 11.2 Å². The van der Waals surface area contributed by atoms with Gasteiger partial charge in [-0.2, -0.15) is 0 Å². The summed E-state index contributed by atoms with van der Waals surface area (Å²) >= 11 is 0. The zero-order chi connectivity index (χ0) is 17.3. The number of ether oxygens (including phenoxy) is 1. The van der Waals surface area contributed by atoms with E-state index in [1.165, 1.54) is 0 Å². The molecule has 0 bridgehead atoms. The molecule has 24 heavy (non-hydrogen) atoms. The number of aromatic nitrogens is 2. The molecular weight excluding hydrogens is 318 g/mol. The van der Waals surface area contributed by atoms with Gasteiger partial charge in [0.2, 0.25) is 5.91 Å². The van der Waals surface area contributed by atoms with E-state index in [9.17, 15) is 19.2 Å². The van der Waals surface area contributed by atoms with Crippen LogP contribution in [-0.2, 0) is 20.9 Å². The Balaban J connectivity index is 1.94. The maximum atomic E-state index is 12.4. The number of hydrogen-bond acceptors (Lipinski definition) is 5. The van der Waals surface area contributed by atoms with Crippen LogP contribution in [0.2, 0.25) is 0 Å². The quantitative estimate of drug-likeness (QED) is 0.743. The van der Waals surface area contributed by atoms with Gasteiger partial charge in [-0.3, -0.25) is 14.2 Å². The smallest absolute Gasteiger partial charge is 0.329 e. The Bertz CT molecular complexity index is 915. The van der Waals surface area contributed by atoms with Gasteiger partial charge in [0.1, 0.15) is 6.54 Å². The van der Waals surface area contributed by atoms with Gasteiger partial charge < -0.3 is 19.7 Å². The third kappa shape index (κ3) is 2.81. The Morgan fingerprint density at radius 2 is 2.04 bits per heavy atom. The van der Waals surface area contributed by atoms with Gasteiger partial charge in [-0.25, -0.2) is 9.59 Å². The van der Waals surface area contributed by atoms with Crippen LogP contribution in [0.1, 0.15) is 0 Å². The number of morpholine rings is 1. The molecule has 1 fully saturated rings. The summed E-state index contributed by atoms with van der Waals surface area (Å²) in [4.78, 5) is 51.8. The van der Waals surface area contributed by atoms with Crippen LogP contribution in [-0.4, -0.2) is 57.2 Å². The SMILES string of the molecule is O=C(O)C1COCCN1C(=O)Cn1c(=O)[nH]c2ccccc2c1=O. The van der Waals surface area contributed by atoms with Crippen LogP contribution in [0.3, 0.4) is 0 Å². The van der Waals surface area contributed by atoms with Crippen molar-refractivity contribution < 1.29 is 19.4 Å². The van der Waals surface area contributed by atoms with Crippen LogP contribution >= 0.6 is 0 Å². The van der Waals surface area contributed by atoms with Crippen LogP contribution in [0.5, 0.6) is 0 Å². The molecule has 1 amide bonds. The van der Waals surface area contributed by atoms with E-state index in [1.54, 1.807) is 24.3 Å². The molecule has 2 N–H and O–H groups in total. The Labute approximate surface area is 135 Å². The highest BCUT2D eigenvalue weighted by Crippen LogP contribution is 2.09. The second-order valence-corrected chi connectivity index (χ2v) is 5.38. The number of aromatic amines is 1. The van der Waals surface area contributed by atoms with Gasteiger partial charge >= 0.3 is 11.7 Å². The Morgan fingerprint density at radius 1 is 1.29 bits per heavy atom. The largest absolute Gasteiger partial charge is 0.480 e. The third-order valence-corrected chi connectivity index (χ3v) is 3.92. The number of carbonyl (C=O) groups is 2. The van der Waals surface area contributed by atoms with Gasteiger partial charge in [0.15, 0.2) is 6.04 Å². The number of carbonyl (C=O) groups excluding carboxylic acids is 1. The highest BCUT2D eigenvalue weighted by Gasteiger charge is 2.33. The summed E-state index contributed by atoms with van der Waals surface area (Å²) < 4.78 is 5.84. The second-order valence-electron chi connectivity index (χ2n) is 5.38. The molecule has 9 heteroatoms. The first-order chi connectivity index (χ1) is 11.5. The van der Waals surface area contributed by atoms with Crippen LogP contribution in [0.4, 0.5) is 0 Å². The summed E-state index contributed by atoms with van der Waals surface area (Å²) in [7, 11) is 0. The number of H-pyrrole nitrogens is 1. The number of para-hydroxylation sites is 1. The summed E-state index contributed by atoms with van der Waals surface area (Å²) in [5.74, 6) is -1.81. The Hall–Kier alpha value is -2.94. The highest BCUT2D eigenvalue weighted by molar-refractivity contribution is 5.84. The molecule has 0 aliphatic carbocycles. The predicted molar refractivity (Wildman–Crippen MR) is 82.8 cm³/mol. The molecule has 1 aliphatic heterocycles. The van der Waals surface area contributed by atoms with Crippen molar-refractivity contribution in [3.63, 3.8) is 0 Å². The van der Waals surface area contributed by atoms with E-state index in [0.29, 0.717) is 5.52 Å². The molecule has 9 nitrogen and oxygen atoms in total. The first kappa shape index (κ1) is 15.9. The van der Waals surface area contributed by atoms with Crippen molar-refractivity contribution in [2.45, 2.75) is 12.6 Å². The first-order valence-corrected chi connectivity index (χ1v) is 7.31. The lowest BCUT2D eigenvalue weighted by atomic mass is 10.2. The van der Waals surface area contributed by atoms with Gasteiger partial charge in [-0.15, -0.1) is 0 Å². The van der Waals surface area contributed by atoms with Crippen LogP contribution in [0.25, 0.3) is 10.9 Å². The molecular formula is C15H15N3O6. The minimum Gasteiger partial charge on any atom is -0.480 e. The molecule has 1 aromatic heterocycles. The van der Waals surface area contributed by atoms with Crippen molar-refractivity contribution in [2.24, 2.45) is 0 Å². The van der Waals surface area contributed by atoms with Crippen LogP contribution in [0.15, 0.2) is 33.9 Å². The summed E-state index contributed by atoms with van der Waals surface area (Å²) in [6.45, 7) is -0.346. The average molecular weight is 333 g/mol. The molecule has 1 saturated heterocycles. The molecule has 0 saturated carbocycles. The van der Waals surface area contributed by atoms with E-state index < -0.39 is 35.7 Å². The predicted octanol–water partition coefficient (Wildman–Crippen LogP) is -0.998. The molecule has 126 valence electrons. The summed E-state index contributed by atoms with van der Waals surface area (Å²) in [5.41, 5.74) is -0.930. The molecule has 1 unspecified atom stereocenters. The number of benzene rings is 1. The lowest BCUT2D eigenvalue weighted by Crippen LogP contribution is -2.54. The first-order valence-electron chi connectivity index (χ1n) is 7.31. The fourth-order valence-electron chi connectivity index (χ4n) is 2.68. The maximum Gasteiger partial charge on any atom is 0.329 e. The molecule has 0 spiro atoms. The fraction of sp³-hybridized carbons (Fsp3) is 0.333. The number of nitrogens with zero attached hydrogens (tertiary/aromatic N) is 2. The summed E-state index contributed by atoms with van der Waals surface area (Å²) in [6, 6.07) is 5.34. The monoisotopic (exact) mass is 333 g/mol. The van der Waals surface area contributed by atoms with Crippen molar-refractivity contribution in [3.8, 4) is 0 Å². The molecule has 2 heterocycles. The van der Waals surface area contributed by atoms with Crippen molar-refractivity contribution in [1.82, 2.24) is 14.5 Å². The minimum atomic E-state index is -1.19. The van der Waals surface area contributed by atoms with Gasteiger partial charge in [0.05, 0.1) is 24.1 Å². The van der Waals surface area contributed by atoms with E-state index >= 15 is 0 Å². The van der Waals surface area contributed by atoms with E-state index in [0.717, 1.165) is 9.47 Å². The molecule has 1 aliphatic rings. The third-order valence-electron chi connectivity index (χ3n) is 3.92. The van der Waals surface area contributed by atoms with Gasteiger partial charge in [-0.05, 0) is 12.1 Å². The topological polar surface area (TPSA) is 122 Å². The number of carboxylic acids is 1. The number of aliphatic carboxylic acids is 1. The normalized spacial score (nSPS) is 17.8. The average Bonchev–Trinajstić information content (AvgIpc) is 2.58. The molecule has 3 rings (SSSR count). The van der Waals surface area contributed by atoms with E-state index in [2.05, 4.69) is 4.98 Å². The standard InChI is InChI=1S/C15H15N3O6/c19-12(17-5-6-24-8-11(17)14(21)22)7-18-13(20)9-3-1-2-4-10(9)16-15(18)23/h1-4,11H,5-8H2,(H,16,23)(H,21,22). The molecule has 0 radical (unpaired) electrons. The van der Waals surface area contributed by atoms with Crippen molar-refractivity contribution in [1.29, 1.82) is 0 Å². The van der Waals surface area contributed by atoms with Gasteiger partial charge in [0, 0.05) is 6.54 Å². The van der Waals surface area contributed by atoms with Crippen molar-refractivity contribution in [2.75, 3.05) is 19.8 Å². The number of amides is 1. The number of hydrogen-bond donors (Lipinski definition) is 2. The fourth-order valence-corrected chi connectivity index (χ4v) is 2.68. The van der Waals surface area contributed by atoms with Crippen molar-refractivity contribution >= 4 is 22.8 Å². The number of carboxylic acid groups (broad SMARTS) is 1. The van der Waals surface area contributed by atoms with Gasteiger partial charge in [-0.1, -0.05) is 12.1 Å². The Morgan fingerprint density at radius 3 is 2.79 bits per heavy atom. The molecule has 1 atom stereocenters. The van der Waals surface area contributed by atoms with Gasteiger partial charge in [0.25, 0.3) is 5.56 Å². The second kappa shape index (κ2) is 6.28. The molecule has 2 aromatic rings. The van der Waals surface area contributed by atoms with E-state index in [1.807, 2.05) is 0 Å². The Kier molecular flexibility index (Phi) is 4.17. The highest BCUT2D eigenvalue weighted by atomic mass is 16.5. The zero-order valence-electron chi connectivity index (χ0n) is 12.6. The zero-order valence-corrected chi connectivity index (χ0v) is 12.6. The van der Waals surface area contributed by atoms with E-state index in [4.69, 9.17) is 9.84 Å². The summed E-state index contributed by atoms with van der Waals surface area (Å²) in [6.07, 6.45) is 0. The number of nitrogens with one attached hydrogen (secondary N) is 1. The lowest BCUT2D eigenvalue weighted by Gasteiger charge is -2.32. The number of rotatable bonds is 3. The summed E-state index contributed by atoms with van der Waals surface area (Å²) in [5, 5.41) is 9.44. The van der Waals surface area contributed by atoms with E-state index in [-0.39, 0.29) is 25.1 Å². The maximum absolute atomic E-state index is 12.4. The minimum absolute atomic E-state index is 0.0933. The van der Waals surface area contributed by atoms with Crippen molar-refractivity contribution in [3.05, 3.63) is 45.1 Å². The number of fused-ring (bicyclic) bond motifs is 1. The lowest BCUT2D eigenvalue weighted by molar-refractivity contribution is -0.158. The van der Waals surface area contributed by atoms with Crippen LogP contribution in [0, 0.1) is 0 Å². The molecule has 1 aromatic carbocycles.